The standard InChI is InChI=1S/C73H135NO3/c1-3-5-7-9-11-13-15-17-19-21-23-25-27-29-31-33-34-35-36-37-38-39-40-41-43-45-47-49-51-53-55-57-59-61-63-65-67-69-73(77)74-71(70-75)72(76)68-66-64-62-60-58-56-54-52-50-48-46-44-42-32-30-28-26-24-22-20-18-16-14-12-10-8-6-4-2/h5,7,11,13,17,19,23,25,29,31,66,68,71-72,75-76H,3-4,6,8-10,12,14-16,18,20-22,24,26-28,30,32-65,67,69-70H2,1-2H3,(H,74,77)/b7-5-,13-11-,19-17-,25-23-,31-29-,68-66+. The number of rotatable bonds is 64. The zero-order valence-corrected chi connectivity index (χ0v) is 52.0. The zero-order chi connectivity index (χ0) is 55.5. The van der Waals surface area contributed by atoms with Crippen molar-refractivity contribution in [2.24, 2.45) is 0 Å². The highest BCUT2D eigenvalue weighted by molar-refractivity contribution is 5.76. The molecule has 0 aromatic carbocycles. The molecule has 0 heterocycles. The summed E-state index contributed by atoms with van der Waals surface area (Å²) in [6.45, 7) is 4.23. The molecule has 0 bridgehead atoms. The van der Waals surface area contributed by atoms with Crippen LogP contribution in [0.2, 0.25) is 0 Å². The van der Waals surface area contributed by atoms with Gasteiger partial charge in [0.15, 0.2) is 0 Å². The molecule has 77 heavy (non-hydrogen) atoms. The van der Waals surface area contributed by atoms with Gasteiger partial charge in [-0.05, 0) is 64.2 Å². The third kappa shape index (κ3) is 64.5. The second-order valence-corrected chi connectivity index (χ2v) is 23.6. The summed E-state index contributed by atoms with van der Waals surface area (Å²) in [5.74, 6) is -0.0579. The predicted octanol–water partition coefficient (Wildman–Crippen LogP) is 23.7. The van der Waals surface area contributed by atoms with Crippen LogP contribution in [0.4, 0.5) is 0 Å². The van der Waals surface area contributed by atoms with Crippen LogP contribution in [-0.2, 0) is 4.79 Å². The van der Waals surface area contributed by atoms with Crippen molar-refractivity contribution in [3.8, 4) is 0 Å². The molecule has 0 aliphatic heterocycles. The lowest BCUT2D eigenvalue weighted by molar-refractivity contribution is -0.123. The van der Waals surface area contributed by atoms with Crippen LogP contribution in [0.3, 0.4) is 0 Å². The fraction of sp³-hybridized carbons (Fsp3) is 0.822. The molecule has 0 spiro atoms. The summed E-state index contributed by atoms with van der Waals surface area (Å²) >= 11 is 0. The van der Waals surface area contributed by atoms with Crippen LogP contribution in [0.25, 0.3) is 0 Å². The largest absolute Gasteiger partial charge is 0.394 e. The van der Waals surface area contributed by atoms with Crippen molar-refractivity contribution in [1.29, 1.82) is 0 Å². The van der Waals surface area contributed by atoms with Crippen molar-refractivity contribution in [1.82, 2.24) is 5.32 Å². The van der Waals surface area contributed by atoms with E-state index < -0.39 is 12.1 Å². The SMILES string of the molecule is CC/C=C\C/C=C\C/C=C\C/C=C\C/C=C\CCCCCCCCCCCCCCCCCCCCCCCC(=O)NC(CO)C(O)/C=C/CCCCCCCCCCCCCCCCCCCCCCCCCCCC. The molecule has 3 N–H and O–H groups in total. The first-order valence-corrected chi connectivity index (χ1v) is 34.7. The summed E-state index contributed by atoms with van der Waals surface area (Å²) in [4.78, 5) is 12.5. The van der Waals surface area contributed by atoms with E-state index in [0.717, 1.165) is 57.8 Å². The summed E-state index contributed by atoms with van der Waals surface area (Å²) < 4.78 is 0. The van der Waals surface area contributed by atoms with Crippen molar-refractivity contribution in [3.05, 3.63) is 72.9 Å². The van der Waals surface area contributed by atoms with Crippen LogP contribution < -0.4 is 5.32 Å². The van der Waals surface area contributed by atoms with Gasteiger partial charge in [-0.2, -0.15) is 0 Å². The Bertz CT molecular complexity index is 1310. The van der Waals surface area contributed by atoms with E-state index >= 15 is 0 Å². The lowest BCUT2D eigenvalue weighted by Gasteiger charge is -2.20. The third-order valence-electron chi connectivity index (χ3n) is 15.9. The third-order valence-corrected chi connectivity index (χ3v) is 15.9. The van der Waals surface area contributed by atoms with E-state index in [1.165, 1.54) is 289 Å². The highest BCUT2D eigenvalue weighted by Crippen LogP contribution is 2.19. The van der Waals surface area contributed by atoms with Gasteiger partial charge in [-0.25, -0.2) is 0 Å². The number of nitrogens with one attached hydrogen (secondary N) is 1. The quantitative estimate of drug-likeness (QED) is 0.0420. The minimum atomic E-state index is -0.842. The van der Waals surface area contributed by atoms with Crippen LogP contribution in [0.15, 0.2) is 72.9 Å². The van der Waals surface area contributed by atoms with Crippen LogP contribution in [0, 0.1) is 0 Å². The van der Waals surface area contributed by atoms with Gasteiger partial charge in [0.1, 0.15) is 0 Å². The van der Waals surface area contributed by atoms with Crippen molar-refractivity contribution < 1.29 is 15.0 Å². The normalized spacial score (nSPS) is 13.1. The van der Waals surface area contributed by atoms with Crippen LogP contribution in [0.5, 0.6) is 0 Å². The number of hydrogen-bond acceptors (Lipinski definition) is 3. The highest BCUT2D eigenvalue weighted by atomic mass is 16.3. The number of aliphatic hydroxyl groups excluding tert-OH is 2. The number of allylic oxidation sites excluding steroid dienone is 11. The molecule has 2 unspecified atom stereocenters. The summed E-state index contributed by atoms with van der Waals surface area (Å²) in [5, 5.41) is 23.3. The number of carbonyl (C=O) groups is 1. The Morgan fingerprint density at radius 1 is 0.325 bits per heavy atom. The maximum absolute atomic E-state index is 12.5. The first-order chi connectivity index (χ1) is 38.2. The van der Waals surface area contributed by atoms with E-state index in [9.17, 15) is 15.0 Å². The van der Waals surface area contributed by atoms with Gasteiger partial charge in [-0.3, -0.25) is 4.79 Å². The highest BCUT2D eigenvalue weighted by Gasteiger charge is 2.18. The average Bonchev–Trinajstić information content (AvgIpc) is 3.43. The van der Waals surface area contributed by atoms with Crippen molar-refractivity contribution in [2.45, 2.75) is 379 Å². The average molecular weight is 1070 g/mol. The molecule has 1 amide bonds. The van der Waals surface area contributed by atoms with Gasteiger partial charge >= 0.3 is 0 Å². The molecule has 4 heteroatoms. The number of carbonyl (C=O) groups excluding carboxylic acids is 1. The Kier molecular flexibility index (Phi) is 66.2. The second-order valence-electron chi connectivity index (χ2n) is 23.6. The summed E-state index contributed by atoms with van der Waals surface area (Å²) in [6.07, 6.45) is 98.4. The van der Waals surface area contributed by atoms with E-state index in [2.05, 4.69) is 79.9 Å². The molecular weight excluding hydrogens is 939 g/mol. The fourth-order valence-electron chi connectivity index (χ4n) is 10.7. The molecule has 450 valence electrons. The summed E-state index contributed by atoms with van der Waals surface area (Å²) in [7, 11) is 0. The number of hydrogen-bond donors (Lipinski definition) is 3. The molecule has 0 saturated carbocycles. The molecule has 0 aliphatic rings. The maximum atomic E-state index is 12.5. The lowest BCUT2D eigenvalue weighted by atomic mass is 10.0. The molecule has 0 radical (unpaired) electrons. The molecule has 0 aromatic heterocycles. The molecule has 0 saturated heterocycles. The van der Waals surface area contributed by atoms with Gasteiger partial charge in [0, 0.05) is 6.42 Å². The zero-order valence-electron chi connectivity index (χ0n) is 52.0. The Hall–Kier alpha value is -2.17. The smallest absolute Gasteiger partial charge is 0.220 e. The number of amides is 1. The van der Waals surface area contributed by atoms with Gasteiger partial charge in [0.25, 0.3) is 0 Å². The Morgan fingerprint density at radius 2 is 0.571 bits per heavy atom. The van der Waals surface area contributed by atoms with Gasteiger partial charge < -0.3 is 15.5 Å². The molecule has 0 aliphatic carbocycles. The summed E-state index contributed by atoms with van der Waals surface area (Å²) in [5.41, 5.74) is 0. The van der Waals surface area contributed by atoms with Gasteiger partial charge in [-0.15, -0.1) is 0 Å². The van der Waals surface area contributed by atoms with Gasteiger partial charge in [0.05, 0.1) is 18.8 Å². The topological polar surface area (TPSA) is 69.6 Å². The fourth-order valence-corrected chi connectivity index (χ4v) is 10.7. The Balaban J connectivity index is 3.44. The van der Waals surface area contributed by atoms with Crippen LogP contribution in [-0.4, -0.2) is 34.9 Å². The van der Waals surface area contributed by atoms with Crippen molar-refractivity contribution in [3.63, 3.8) is 0 Å². The van der Waals surface area contributed by atoms with E-state index in [1.807, 2.05) is 6.08 Å². The molecule has 0 rings (SSSR count). The summed E-state index contributed by atoms with van der Waals surface area (Å²) in [6, 6.07) is -0.625. The van der Waals surface area contributed by atoms with Crippen molar-refractivity contribution in [2.75, 3.05) is 6.61 Å². The van der Waals surface area contributed by atoms with Gasteiger partial charge in [-0.1, -0.05) is 369 Å². The number of aliphatic hydroxyl groups is 2. The first kappa shape index (κ1) is 74.8. The molecule has 4 nitrogen and oxygen atoms in total. The van der Waals surface area contributed by atoms with E-state index in [-0.39, 0.29) is 12.5 Å². The minimum absolute atomic E-state index is 0.0579. The molecule has 0 aromatic rings. The molecule has 2 atom stereocenters. The Morgan fingerprint density at radius 3 is 0.857 bits per heavy atom. The predicted molar refractivity (Wildman–Crippen MR) is 345 cm³/mol. The first-order valence-electron chi connectivity index (χ1n) is 34.7. The van der Waals surface area contributed by atoms with Gasteiger partial charge in [0.2, 0.25) is 5.91 Å². The van der Waals surface area contributed by atoms with Crippen LogP contribution >= 0.6 is 0 Å². The number of unbranched alkanes of at least 4 members (excludes halogenated alkanes) is 47. The molecular formula is C73H135NO3. The monoisotopic (exact) mass is 1070 g/mol. The Labute approximate surface area is 482 Å². The van der Waals surface area contributed by atoms with E-state index in [1.54, 1.807) is 6.08 Å². The molecule has 0 fully saturated rings. The van der Waals surface area contributed by atoms with E-state index in [4.69, 9.17) is 0 Å². The van der Waals surface area contributed by atoms with E-state index in [0.29, 0.717) is 6.42 Å². The maximum Gasteiger partial charge on any atom is 0.220 e. The minimum Gasteiger partial charge on any atom is -0.394 e. The lowest BCUT2D eigenvalue weighted by Crippen LogP contribution is -2.45. The van der Waals surface area contributed by atoms with Crippen LogP contribution in [0.1, 0.15) is 367 Å². The second kappa shape index (κ2) is 68.1. The van der Waals surface area contributed by atoms with Crippen molar-refractivity contribution >= 4 is 5.91 Å².